The summed E-state index contributed by atoms with van der Waals surface area (Å²) in [7, 11) is 0. The summed E-state index contributed by atoms with van der Waals surface area (Å²) < 4.78 is 13.5. The van der Waals surface area contributed by atoms with Gasteiger partial charge in [-0.1, -0.05) is 51.8 Å². The van der Waals surface area contributed by atoms with Gasteiger partial charge in [-0.25, -0.2) is 4.39 Å². The van der Waals surface area contributed by atoms with Gasteiger partial charge in [0.1, 0.15) is 5.82 Å². The van der Waals surface area contributed by atoms with Crippen LogP contribution in [0, 0.1) is 5.82 Å². The molecule has 20 heavy (non-hydrogen) atoms. The standard InChI is InChI=1S/C15H12BrClFNO/c16-8-10-1-3-11(4-2-10)9-19-15(20)13-7-12(17)5-6-14(13)18/h1-7H,8-9H2,(H,19,20). The zero-order chi connectivity index (χ0) is 14.5. The molecule has 0 aromatic heterocycles. The first-order chi connectivity index (χ1) is 9.60. The topological polar surface area (TPSA) is 29.1 Å². The monoisotopic (exact) mass is 355 g/mol. The highest BCUT2D eigenvalue weighted by atomic mass is 79.9. The molecule has 0 aliphatic carbocycles. The van der Waals surface area contributed by atoms with Crippen molar-refractivity contribution in [1.82, 2.24) is 5.32 Å². The quantitative estimate of drug-likeness (QED) is 0.813. The number of carbonyl (C=O) groups is 1. The van der Waals surface area contributed by atoms with Crippen LogP contribution < -0.4 is 5.32 Å². The maximum absolute atomic E-state index is 13.5. The third kappa shape index (κ3) is 3.81. The van der Waals surface area contributed by atoms with E-state index in [4.69, 9.17) is 11.6 Å². The van der Waals surface area contributed by atoms with Gasteiger partial charge in [0, 0.05) is 16.9 Å². The largest absolute Gasteiger partial charge is 0.348 e. The lowest BCUT2D eigenvalue weighted by molar-refractivity contribution is 0.0947. The molecule has 1 amide bonds. The predicted molar refractivity (Wildman–Crippen MR) is 81.7 cm³/mol. The lowest BCUT2D eigenvalue weighted by Gasteiger charge is -2.07. The Balaban J connectivity index is 2.02. The summed E-state index contributed by atoms with van der Waals surface area (Å²) in [5.41, 5.74) is 2.06. The molecule has 0 saturated heterocycles. The Kier molecular flexibility index (Phi) is 5.15. The summed E-state index contributed by atoms with van der Waals surface area (Å²) >= 11 is 9.13. The maximum Gasteiger partial charge on any atom is 0.254 e. The van der Waals surface area contributed by atoms with Crippen LogP contribution in [0.5, 0.6) is 0 Å². The minimum absolute atomic E-state index is 0.0467. The van der Waals surface area contributed by atoms with Crippen molar-refractivity contribution in [2.24, 2.45) is 0 Å². The first-order valence-electron chi connectivity index (χ1n) is 5.97. The van der Waals surface area contributed by atoms with Crippen LogP contribution in [-0.4, -0.2) is 5.91 Å². The highest BCUT2D eigenvalue weighted by Crippen LogP contribution is 2.15. The van der Waals surface area contributed by atoms with Crippen LogP contribution in [0.1, 0.15) is 21.5 Å². The van der Waals surface area contributed by atoms with Crippen LogP contribution in [0.2, 0.25) is 5.02 Å². The Hall–Kier alpha value is -1.39. The van der Waals surface area contributed by atoms with Crippen LogP contribution in [-0.2, 0) is 11.9 Å². The van der Waals surface area contributed by atoms with Crippen molar-refractivity contribution in [2.45, 2.75) is 11.9 Å². The highest BCUT2D eigenvalue weighted by Gasteiger charge is 2.11. The van der Waals surface area contributed by atoms with Gasteiger partial charge in [0.2, 0.25) is 0 Å². The molecule has 5 heteroatoms. The molecule has 0 atom stereocenters. The zero-order valence-electron chi connectivity index (χ0n) is 10.5. The average molecular weight is 357 g/mol. The fourth-order valence-electron chi connectivity index (χ4n) is 1.70. The number of benzene rings is 2. The lowest BCUT2D eigenvalue weighted by Crippen LogP contribution is -2.23. The summed E-state index contributed by atoms with van der Waals surface area (Å²) in [6.45, 7) is 0.341. The molecule has 0 saturated carbocycles. The summed E-state index contributed by atoms with van der Waals surface area (Å²) in [6.07, 6.45) is 0. The maximum atomic E-state index is 13.5. The van der Waals surface area contributed by atoms with E-state index in [1.807, 2.05) is 24.3 Å². The summed E-state index contributed by atoms with van der Waals surface area (Å²) in [4.78, 5) is 11.9. The molecule has 0 aliphatic rings. The molecule has 0 spiro atoms. The molecule has 2 nitrogen and oxygen atoms in total. The molecular weight excluding hydrogens is 345 g/mol. The zero-order valence-corrected chi connectivity index (χ0v) is 12.8. The summed E-state index contributed by atoms with van der Waals surface area (Å²) in [5.74, 6) is -1.06. The van der Waals surface area contributed by atoms with E-state index in [0.717, 1.165) is 16.5 Å². The number of carbonyl (C=O) groups excluding carboxylic acids is 1. The van der Waals surface area contributed by atoms with E-state index in [1.165, 1.54) is 18.2 Å². The van der Waals surface area contributed by atoms with Gasteiger partial charge in [0.05, 0.1) is 5.56 Å². The summed E-state index contributed by atoms with van der Waals surface area (Å²) in [5, 5.41) is 3.79. The van der Waals surface area contributed by atoms with E-state index < -0.39 is 11.7 Å². The van der Waals surface area contributed by atoms with Crippen molar-refractivity contribution in [3.63, 3.8) is 0 Å². The van der Waals surface area contributed by atoms with Crippen LogP contribution in [0.4, 0.5) is 4.39 Å². The van der Waals surface area contributed by atoms with Crippen molar-refractivity contribution in [1.29, 1.82) is 0 Å². The van der Waals surface area contributed by atoms with E-state index in [2.05, 4.69) is 21.2 Å². The van der Waals surface area contributed by atoms with E-state index in [0.29, 0.717) is 11.6 Å². The molecule has 104 valence electrons. The first kappa shape index (κ1) is 15.0. The second-order valence-corrected chi connectivity index (χ2v) is 5.25. The SMILES string of the molecule is O=C(NCc1ccc(CBr)cc1)c1cc(Cl)ccc1F. The van der Waals surface area contributed by atoms with Gasteiger partial charge in [-0.3, -0.25) is 4.79 Å². The molecule has 0 fully saturated rings. The molecular formula is C15H12BrClFNO. The molecule has 1 N–H and O–H groups in total. The molecule has 2 aromatic rings. The number of alkyl halides is 1. The minimum atomic E-state index is -0.582. The van der Waals surface area contributed by atoms with Crippen LogP contribution in [0.15, 0.2) is 42.5 Å². The van der Waals surface area contributed by atoms with Crippen molar-refractivity contribution in [3.8, 4) is 0 Å². The van der Waals surface area contributed by atoms with Crippen LogP contribution in [0.3, 0.4) is 0 Å². The smallest absolute Gasteiger partial charge is 0.254 e. The average Bonchev–Trinajstić information content (AvgIpc) is 2.47. The first-order valence-corrected chi connectivity index (χ1v) is 7.47. The third-order valence-corrected chi connectivity index (χ3v) is 3.69. The Bertz CT molecular complexity index is 616. The number of amides is 1. The second kappa shape index (κ2) is 6.86. The van der Waals surface area contributed by atoms with Crippen molar-refractivity contribution in [3.05, 3.63) is 70.0 Å². The molecule has 2 rings (SSSR count). The van der Waals surface area contributed by atoms with Gasteiger partial charge in [-0.05, 0) is 29.3 Å². The molecule has 0 radical (unpaired) electrons. The molecule has 0 bridgehead atoms. The number of nitrogens with one attached hydrogen (secondary N) is 1. The Morgan fingerprint density at radius 1 is 1.15 bits per heavy atom. The van der Waals surface area contributed by atoms with Gasteiger partial charge >= 0.3 is 0 Å². The fraction of sp³-hybridized carbons (Fsp3) is 0.133. The van der Waals surface area contributed by atoms with Gasteiger partial charge in [0.25, 0.3) is 5.91 Å². The Labute approximate surface area is 130 Å². The highest BCUT2D eigenvalue weighted by molar-refractivity contribution is 9.08. The van der Waals surface area contributed by atoms with Crippen LogP contribution in [0.25, 0.3) is 0 Å². The number of halogens is 3. The van der Waals surface area contributed by atoms with Gasteiger partial charge < -0.3 is 5.32 Å². The number of hydrogen-bond acceptors (Lipinski definition) is 1. The van der Waals surface area contributed by atoms with Crippen molar-refractivity contribution < 1.29 is 9.18 Å². The Morgan fingerprint density at radius 2 is 1.80 bits per heavy atom. The Morgan fingerprint density at radius 3 is 2.45 bits per heavy atom. The fourth-order valence-corrected chi connectivity index (χ4v) is 2.24. The van der Waals surface area contributed by atoms with E-state index in [9.17, 15) is 9.18 Å². The van der Waals surface area contributed by atoms with Crippen molar-refractivity contribution >= 4 is 33.4 Å². The third-order valence-electron chi connectivity index (χ3n) is 2.80. The summed E-state index contributed by atoms with van der Waals surface area (Å²) in [6, 6.07) is 11.7. The minimum Gasteiger partial charge on any atom is -0.348 e. The van der Waals surface area contributed by atoms with E-state index in [-0.39, 0.29) is 5.56 Å². The number of hydrogen-bond donors (Lipinski definition) is 1. The second-order valence-electron chi connectivity index (χ2n) is 4.26. The van der Waals surface area contributed by atoms with Crippen LogP contribution >= 0.6 is 27.5 Å². The lowest BCUT2D eigenvalue weighted by atomic mass is 10.1. The van der Waals surface area contributed by atoms with E-state index in [1.54, 1.807) is 0 Å². The van der Waals surface area contributed by atoms with Gasteiger partial charge in [-0.2, -0.15) is 0 Å². The molecule has 0 aliphatic heterocycles. The molecule has 0 heterocycles. The molecule has 0 unspecified atom stereocenters. The normalized spacial score (nSPS) is 10.3. The van der Waals surface area contributed by atoms with E-state index >= 15 is 0 Å². The van der Waals surface area contributed by atoms with Gasteiger partial charge in [0.15, 0.2) is 0 Å². The molecule has 2 aromatic carbocycles. The number of rotatable bonds is 4. The van der Waals surface area contributed by atoms with Crippen molar-refractivity contribution in [2.75, 3.05) is 0 Å². The van der Waals surface area contributed by atoms with Gasteiger partial charge in [-0.15, -0.1) is 0 Å². The predicted octanol–water partition coefficient (Wildman–Crippen LogP) is 4.30.